The van der Waals surface area contributed by atoms with E-state index in [9.17, 15) is 8.42 Å². The fraction of sp³-hybridized carbons (Fsp3) is 0. The van der Waals surface area contributed by atoms with Crippen LogP contribution in [0.1, 0.15) is 0 Å². The average Bonchev–Trinajstić information content (AvgIpc) is 2.03. The van der Waals surface area contributed by atoms with Crippen molar-refractivity contribution in [2.45, 2.75) is 4.90 Å². The van der Waals surface area contributed by atoms with Crippen LogP contribution in [0.5, 0.6) is 0 Å². The maximum atomic E-state index is 10.6. The zero-order valence-electron chi connectivity index (χ0n) is 5.81. The molecule has 0 aliphatic rings. The minimum atomic E-state index is -4.15. The third-order valence-electron chi connectivity index (χ3n) is 1.21. The Morgan fingerprint density at radius 2 is 2.08 bits per heavy atom. The Kier molecular flexibility index (Phi) is 2.56. The van der Waals surface area contributed by atoms with Crippen molar-refractivity contribution in [1.82, 2.24) is 4.84 Å². The molecule has 6 heteroatoms. The van der Waals surface area contributed by atoms with Gasteiger partial charge < -0.3 is 0 Å². The van der Waals surface area contributed by atoms with E-state index in [1.807, 2.05) is 0 Å². The van der Waals surface area contributed by atoms with Crippen LogP contribution >= 0.6 is 11.8 Å². The van der Waals surface area contributed by atoms with E-state index in [4.69, 9.17) is 16.3 Å². The van der Waals surface area contributed by atoms with E-state index in [-0.39, 0.29) is 10.6 Å². The van der Waals surface area contributed by atoms with Gasteiger partial charge in [0, 0.05) is 11.8 Å². The molecule has 0 spiro atoms. The summed E-state index contributed by atoms with van der Waals surface area (Å²) in [5, 5.41) is 0. The SMILES string of the molecule is O=S(=O)(O)c1cccc([N]Cl)c1. The lowest BCUT2D eigenvalue weighted by atomic mass is 10.3. The molecular weight excluding hydrogens is 202 g/mol. The van der Waals surface area contributed by atoms with E-state index in [0.717, 1.165) is 0 Å². The summed E-state index contributed by atoms with van der Waals surface area (Å²) in [5.41, 5.74) is 0.284. The van der Waals surface area contributed by atoms with Gasteiger partial charge in [0.15, 0.2) is 0 Å². The first-order chi connectivity index (χ1) is 5.54. The van der Waals surface area contributed by atoms with Crippen molar-refractivity contribution < 1.29 is 13.0 Å². The molecule has 1 rings (SSSR count). The lowest BCUT2D eigenvalue weighted by Gasteiger charge is -1.97. The number of nitrogens with zero attached hydrogens (tertiary/aromatic N) is 1. The highest BCUT2D eigenvalue weighted by Gasteiger charge is 2.09. The second kappa shape index (κ2) is 3.30. The molecule has 0 fully saturated rings. The minimum Gasteiger partial charge on any atom is -0.282 e. The van der Waals surface area contributed by atoms with Gasteiger partial charge in [0.1, 0.15) is 0 Å². The molecule has 1 aromatic carbocycles. The summed E-state index contributed by atoms with van der Waals surface area (Å²) in [7, 11) is -4.15. The highest BCUT2D eigenvalue weighted by atomic mass is 35.5. The Morgan fingerprint density at radius 1 is 1.42 bits per heavy atom. The summed E-state index contributed by atoms with van der Waals surface area (Å²) in [4.78, 5) is 3.02. The molecule has 0 aliphatic heterocycles. The highest BCUT2D eigenvalue weighted by molar-refractivity contribution is 7.85. The van der Waals surface area contributed by atoms with Gasteiger partial charge in [-0.15, -0.1) is 0 Å². The van der Waals surface area contributed by atoms with Crippen molar-refractivity contribution >= 4 is 27.6 Å². The molecule has 0 heterocycles. The topological polar surface area (TPSA) is 68.5 Å². The Morgan fingerprint density at radius 3 is 2.58 bits per heavy atom. The molecule has 4 nitrogen and oxygen atoms in total. The van der Waals surface area contributed by atoms with Crippen molar-refractivity contribution in [2.24, 2.45) is 0 Å². The molecule has 0 unspecified atom stereocenters. The van der Waals surface area contributed by atoms with E-state index in [1.54, 1.807) is 0 Å². The molecule has 0 saturated heterocycles. The van der Waals surface area contributed by atoms with Crippen LogP contribution in [0.4, 0.5) is 5.69 Å². The molecule has 0 bridgehead atoms. The van der Waals surface area contributed by atoms with E-state index in [0.29, 0.717) is 0 Å². The van der Waals surface area contributed by atoms with Gasteiger partial charge in [-0.05, 0) is 18.2 Å². The molecule has 1 N–H and O–H groups in total. The lowest BCUT2D eigenvalue weighted by Crippen LogP contribution is -1.97. The van der Waals surface area contributed by atoms with Gasteiger partial charge in [-0.1, -0.05) is 6.07 Å². The first-order valence-corrected chi connectivity index (χ1v) is 4.71. The van der Waals surface area contributed by atoms with Gasteiger partial charge in [0.25, 0.3) is 10.1 Å². The molecule has 0 aromatic heterocycles. The quantitative estimate of drug-likeness (QED) is 0.743. The van der Waals surface area contributed by atoms with E-state index in [1.165, 1.54) is 24.3 Å². The molecule has 1 aromatic rings. The molecule has 12 heavy (non-hydrogen) atoms. The molecule has 0 saturated carbocycles. The lowest BCUT2D eigenvalue weighted by molar-refractivity contribution is 0.483. The van der Waals surface area contributed by atoms with E-state index < -0.39 is 10.1 Å². The maximum Gasteiger partial charge on any atom is 0.294 e. The summed E-state index contributed by atoms with van der Waals surface area (Å²) in [5.74, 6) is 0. The molecule has 1 radical (unpaired) electrons. The van der Waals surface area contributed by atoms with Gasteiger partial charge >= 0.3 is 0 Å². The molecule has 0 amide bonds. The monoisotopic (exact) mass is 206 g/mol. The number of rotatable bonds is 2. The standard InChI is InChI=1S/C6H5ClNO3S/c7-8-5-2-1-3-6(4-5)12(9,10)11/h1-4H,(H,9,10,11). The summed E-state index contributed by atoms with van der Waals surface area (Å²) < 4.78 is 29.7. The summed E-state index contributed by atoms with van der Waals surface area (Å²) in [6.45, 7) is 0. The largest absolute Gasteiger partial charge is 0.294 e. The normalized spacial score (nSPS) is 11.2. The van der Waals surface area contributed by atoms with E-state index in [2.05, 4.69) is 4.84 Å². The maximum absolute atomic E-state index is 10.6. The zero-order valence-corrected chi connectivity index (χ0v) is 7.38. The van der Waals surface area contributed by atoms with Crippen LogP contribution in [0.2, 0.25) is 0 Å². The first-order valence-electron chi connectivity index (χ1n) is 2.93. The summed E-state index contributed by atoms with van der Waals surface area (Å²) in [6.07, 6.45) is 0. The van der Waals surface area contributed by atoms with Crippen LogP contribution in [-0.4, -0.2) is 13.0 Å². The van der Waals surface area contributed by atoms with Crippen molar-refractivity contribution in [2.75, 3.05) is 0 Å². The molecule has 0 aliphatic carbocycles. The number of halogens is 1. The van der Waals surface area contributed by atoms with Crippen LogP contribution < -0.4 is 4.84 Å². The minimum absolute atomic E-state index is 0.218. The first kappa shape index (κ1) is 9.31. The predicted molar refractivity (Wildman–Crippen MR) is 43.9 cm³/mol. The van der Waals surface area contributed by atoms with Crippen LogP contribution in [-0.2, 0) is 10.1 Å². The van der Waals surface area contributed by atoms with Gasteiger partial charge in [-0.2, -0.15) is 13.3 Å². The highest BCUT2D eigenvalue weighted by Crippen LogP contribution is 2.15. The number of hydrogen-bond acceptors (Lipinski definition) is 2. The summed E-state index contributed by atoms with van der Waals surface area (Å²) in [6, 6.07) is 5.37. The third kappa shape index (κ3) is 2.10. The number of benzene rings is 1. The van der Waals surface area contributed by atoms with Gasteiger partial charge in [0.05, 0.1) is 10.6 Å². The van der Waals surface area contributed by atoms with Gasteiger partial charge in [-0.25, -0.2) is 0 Å². The fourth-order valence-electron chi connectivity index (χ4n) is 0.697. The Bertz CT molecular complexity index is 376. The smallest absolute Gasteiger partial charge is 0.282 e. The van der Waals surface area contributed by atoms with Crippen LogP contribution in [0.25, 0.3) is 0 Å². The van der Waals surface area contributed by atoms with E-state index >= 15 is 0 Å². The Balaban J connectivity index is 3.20. The Hall–Kier alpha value is -0.780. The Labute approximate surface area is 75.0 Å². The third-order valence-corrected chi connectivity index (χ3v) is 2.26. The van der Waals surface area contributed by atoms with Crippen molar-refractivity contribution in [3.63, 3.8) is 0 Å². The zero-order chi connectivity index (χ0) is 9.19. The summed E-state index contributed by atoms with van der Waals surface area (Å²) >= 11 is 5.10. The van der Waals surface area contributed by atoms with Crippen LogP contribution in [0.15, 0.2) is 29.2 Å². The van der Waals surface area contributed by atoms with Crippen molar-refractivity contribution in [1.29, 1.82) is 0 Å². The van der Waals surface area contributed by atoms with Crippen LogP contribution in [0, 0.1) is 0 Å². The second-order valence-electron chi connectivity index (χ2n) is 2.06. The number of hydrogen-bond donors (Lipinski definition) is 1. The van der Waals surface area contributed by atoms with Crippen LogP contribution in [0.3, 0.4) is 0 Å². The molecular formula is C6H5ClNO3S. The van der Waals surface area contributed by atoms with Gasteiger partial charge in [0.2, 0.25) is 0 Å². The fourth-order valence-corrected chi connectivity index (χ4v) is 1.32. The van der Waals surface area contributed by atoms with Crippen molar-refractivity contribution in [3.05, 3.63) is 24.3 Å². The molecule has 65 valence electrons. The van der Waals surface area contributed by atoms with Gasteiger partial charge in [-0.3, -0.25) is 4.55 Å². The second-order valence-corrected chi connectivity index (χ2v) is 3.65. The molecule has 0 atom stereocenters. The average molecular weight is 207 g/mol. The predicted octanol–water partition coefficient (Wildman–Crippen LogP) is 1.32. The van der Waals surface area contributed by atoms with Crippen molar-refractivity contribution in [3.8, 4) is 0 Å².